The quantitative estimate of drug-likeness (QED) is 0.467. The van der Waals surface area contributed by atoms with Gasteiger partial charge in [-0.3, -0.25) is 0 Å². The molecule has 0 amide bonds. The van der Waals surface area contributed by atoms with E-state index in [1.165, 1.54) is 11.1 Å². The molecule has 4 aromatic rings. The van der Waals surface area contributed by atoms with Crippen LogP contribution in [0.3, 0.4) is 0 Å². The summed E-state index contributed by atoms with van der Waals surface area (Å²) in [5.41, 5.74) is 6.85. The first-order valence-corrected chi connectivity index (χ1v) is 10.5. The third kappa shape index (κ3) is 6.36. The van der Waals surface area contributed by atoms with Gasteiger partial charge in [0.2, 0.25) is 11.4 Å². The highest BCUT2D eigenvalue weighted by atomic mass is 35.7. The van der Waals surface area contributed by atoms with Crippen LogP contribution in [0.25, 0.3) is 33.6 Å². The molecule has 4 rings (SSSR count). The van der Waals surface area contributed by atoms with Crippen LogP contribution in [0.5, 0.6) is 5.75 Å². The van der Waals surface area contributed by atoms with Crippen LogP contribution in [0, 0.1) is 10.2 Å². The number of rotatable bonds is 3. The van der Waals surface area contributed by atoms with Gasteiger partial charge in [-0.25, -0.2) is 18.6 Å². The van der Waals surface area contributed by atoms with Gasteiger partial charge in [0.25, 0.3) is 0 Å². The molecule has 0 aliphatic rings. The highest BCUT2D eigenvalue weighted by Crippen LogP contribution is 2.29. The number of aromatic hydroxyl groups is 1. The summed E-state index contributed by atoms with van der Waals surface area (Å²) < 4.78 is 36.2. The maximum Gasteiger partial charge on any atom is 0.213 e. The van der Waals surface area contributed by atoms with E-state index < -0.39 is 10.2 Å². The average molecular weight is 438 g/mol. The third-order valence-electron chi connectivity index (χ3n) is 4.65. The summed E-state index contributed by atoms with van der Waals surface area (Å²) in [4.78, 5) is 0. The molecule has 1 N–H and O–H groups in total. The highest BCUT2D eigenvalue weighted by molar-refractivity contribution is 5.73. The minimum absolute atomic E-state index is 0.279. The van der Waals surface area contributed by atoms with Crippen LogP contribution in [0.4, 0.5) is 0 Å². The number of aromatic nitrogens is 1. The second-order valence-electron chi connectivity index (χ2n) is 6.73. The molecule has 1 aromatic heterocycles. The van der Waals surface area contributed by atoms with Crippen molar-refractivity contribution >= 4 is 0 Å². The lowest BCUT2D eigenvalue weighted by Crippen LogP contribution is -2.68. The van der Waals surface area contributed by atoms with Gasteiger partial charge >= 0.3 is 0 Å². The van der Waals surface area contributed by atoms with Crippen LogP contribution in [0.15, 0.2) is 97.1 Å². The molecule has 7 heteroatoms. The Kier molecular flexibility index (Phi) is 7.02. The van der Waals surface area contributed by atoms with Crippen LogP contribution < -0.4 is 23.2 Å². The van der Waals surface area contributed by atoms with Gasteiger partial charge in [0, 0.05) is 23.3 Å². The molecule has 0 bridgehead atoms. The molecule has 0 unspecified atom stereocenters. The van der Waals surface area contributed by atoms with E-state index in [9.17, 15) is 5.11 Å². The van der Waals surface area contributed by atoms with Gasteiger partial charge in [0.15, 0.2) is 0 Å². The molecule has 0 spiro atoms. The predicted octanol–water partition coefficient (Wildman–Crippen LogP) is 0.462. The van der Waals surface area contributed by atoms with Gasteiger partial charge in [-0.1, -0.05) is 48.5 Å². The van der Waals surface area contributed by atoms with Crippen molar-refractivity contribution in [3.05, 3.63) is 97.1 Å². The van der Waals surface area contributed by atoms with Crippen LogP contribution in [-0.4, -0.2) is 5.11 Å². The van der Waals surface area contributed by atoms with Gasteiger partial charge in [0.05, 0.1) is 0 Å². The van der Waals surface area contributed by atoms with E-state index in [0.717, 1.165) is 22.5 Å². The fraction of sp³-hybridized carbons (Fsp3) is 0.0417. The lowest BCUT2D eigenvalue weighted by Gasteiger charge is -2.17. The summed E-state index contributed by atoms with van der Waals surface area (Å²) in [6, 6.07) is 32.6. The second-order valence-corrected chi connectivity index (χ2v) is 7.49. The van der Waals surface area contributed by atoms with E-state index in [4.69, 9.17) is 18.6 Å². The molecular weight excluding hydrogens is 418 g/mol. The summed E-state index contributed by atoms with van der Waals surface area (Å²) in [7, 11) is -2.84. The van der Waals surface area contributed by atoms with E-state index in [1.807, 2.05) is 24.3 Å². The van der Waals surface area contributed by atoms with E-state index in [0.29, 0.717) is 0 Å². The average Bonchev–Trinajstić information content (AvgIpc) is 2.75. The molecule has 0 aliphatic carbocycles. The Labute approximate surface area is 182 Å². The SMILES string of the molecule is C[n+]1c(-c2ccccc2)cc(-c2ccc(O)cc2)cc1-c1ccccc1.[O-][Cl+3]([O-])([O-])[O-]. The number of hydrogen-bond acceptors (Lipinski definition) is 5. The zero-order chi connectivity index (χ0) is 22.4. The lowest BCUT2D eigenvalue weighted by molar-refractivity contribution is -2.00. The van der Waals surface area contributed by atoms with Gasteiger partial charge in [-0.05, 0) is 47.5 Å². The molecule has 158 valence electrons. The number of hydrogen-bond donors (Lipinski definition) is 1. The maximum atomic E-state index is 9.61. The Balaban J connectivity index is 0.000000491. The van der Waals surface area contributed by atoms with E-state index >= 15 is 0 Å². The van der Waals surface area contributed by atoms with Crippen molar-refractivity contribution in [3.8, 4) is 39.4 Å². The summed E-state index contributed by atoms with van der Waals surface area (Å²) in [6.07, 6.45) is 0. The number of benzene rings is 3. The molecular formula is C24H20ClNO5. The van der Waals surface area contributed by atoms with Gasteiger partial charge in [-0.15, -0.1) is 10.2 Å². The van der Waals surface area contributed by atoms with Crippen molar-refractivity contribution in [2.24, 2.45) is 7.05 Å². The summed E-state index contributed by atoms with van der Waals surface area (Å²) in [6.45, 7) is 0. The van der Waals surface area contributed by atoms with Crippen molar-refractivity contribution in [2.45, 2.75) is 0 Å². The number of phenolic OH excluding ortho intramolecular Hbond substituents is 1. The molecule has 0 saturated heterocycles. The molecule has 0 aliphatic heterocycles. The molecule has 0 saturated carbocycles. The fourth-order valence-electron chi connectivity index (χ4n) is 3.25. The molecule has 6 nitrogen and oxygen atoms in total. The summed E-state index contributed by atoms with van der Waals surface area (Å²) in [5.74, 6) is 0.279. The normalized spacial score (nSPS) is 10.9. The van der Waals surface area contributed by atoms with E-state index in [-0.39, 0.29) is 5.75 Å². The van der Waals surface area contributed by atoms with Crippen molar-refractivity contribution in [1.82, 2.24) is 0 Å². The third-order valence-corrected chi connectivity index (χ3v) is 4.65. The Morgan fingerprint density at radius 1 is 0.581 bits per heavy atom. The predicted molar refractivity (Wildman–Crippen MR) is 106 cm³/mol. The van der Waals surface area contributed by atoms with Crippen molar-refractivity contribution in [1.29, 1.82) is 0 Å². The molecule has 0 radical (unpaired) electrons. The van der Waals surface area contributed by atoms with Crippen molar-refractivity contribution in [3.63, 3.8) is 0 Å². The first-order chi connectivity index (χ1) is 14.7. The zero-order valence-electron chi connectivity index (χ0n) is 16.6. The monoisotopic (exact) mass is 437 g/mol. The van der Waals surface area contributed by atoms with Crippen molar-refractivity contribution in [2.75, 3.05) is 0 Å². The van der Waals surface area contributed by atoms with E-state index in [1.54, 1.807) is 12.1 Å². The summed E-state index contributed by atoms with van der Waals surface area (Å²) in [5, 5.41) is 9.61. The number of nitrogens with zero attached hydrogens (tertiary/aromatic N) is 1. The fourth-order valence-corrected chi connectivity index (χ4v) is 3.25. The Bertz CT molecular complexity index is 1060. The van der Waals surface area contributed by atoms with Crippen molar-refractivity contribution < 1.29 is 38.6 Å². The lowest BCUT2D eigenvalue weighted by atomic mass is 9.99. The Hall–Kier alpha value is -3.26. The minimum Gasteiger partial charge on any atom is -0.508 e. The number of halogens is 1. The topological polar surface area (TPSA) is 116 Å². The molecule has 3 aromatic carbocycles. The first-order valence-electron chi connectivity index (χ1n) is 9.28. The number of phenols is 1. The smallest absolute Gasteiger partial charge is 0.213 e. The molecule has 31 heavy (non-hydrogen) atoms. The van der Waals surface area contributed by atoms with Gasteiger partial charge in [-0.2, -0.15) is 4.57 Å². The maximum absolute atomic E-state index is 9.61. The largest absolute Gasteiger partial charge is 0.508 e. The molecule has 0 fully saturated rings. The highest BCUT2D eigenvalue weighted by Gasteiger charge is 2.19. The van der Waals surface area contributed by atoms with Gasteiger partial charge < -0.3 is 5.11 Å². The zero-order valence-corrected chi connectivity index (χ0v) is 17.4. The Morgan fingerprint density at radius 2 is 0.968 bits per heavy atom. The Morgan fingerprint density at radius 3 is 1.35 bits per heavy atom. The van der Waals surface area contributed by atoms with Crippen LogP contribution in [0.1, 0.15) is 0 Å². The van der Waals surface area contributed by atoms with Gasteiger partial charge in [0.1, 0.15) is 12.8 Å². The first kappa shape index (κ1) is 22.4. The molecule has 1 heterocycles. The van der Waals surface area contributed by atoms with Crippen LogP contribution in [0.2, 0.25) is 0 Å². The van der Waals surface area contributed by atoms with Crippen LogP contribution >= 0.6 is 0 Å². The number of pyridine rings is 1. The second kappa shape index (κ2) is 9.70. The molecule has 0 atom stereocenters. The standard InChI is InChI=1S/C24H19NO.ClHO4/c1-25-23(19-8-4-2-5-9-19)16-21(18-12-14-22(26)15-13-18)17-24(25)20-10-6-3-7-11-20;2-1(3,4)5/h2-17H,1H3;(H,2,3,4,5). The minimum atomic E-state index is -4.94. The van der Waals surface area contributed by atoms with Crippen LogP contribution in [-0.2, 0) is 7.05 Å². The van der Waals surface area contributed by atoms with E-state index in [2.05, 4.69) is 72.3 Å². The summed E-state index contributed by atoms with van der Waals surface area (Å²) >= 11 is 0.